The standard InChI is InChI=1S/C41H85NO/c1-4-7-10-13-16-19-20-21-22-23-24-25-26-29-32-35-40-43-41-36-39-42(37-33-30-27-17-14-11-8-5-2)38-34-31-28-18-15-12-9-6-3/h4-41H2,1-3H3. The number of hydrogen-bond acceptors (Lipinski definition) is 2. The Hall–Kier alpha value is -0.0800. The van der Waals surface area contributed by atoms with Crippen molar-refractivity contribution >= 4 is 0 Å². The highest BCUT2D eigenvalue weighted by atomic mass is 16.5. The van der Waals surface area contributed by atoms with Crippen molar-refractivity contribution in [3.8, 4) is 0 Å². The van der Waals surface area contributed by atoms with Gasteiger partial charge in [-0.05, 0) is 38.8 Å². The summed E-state index contributed by atoms with van der Waals surface area (Å²) in [6, 6.07) is 0. The van der Waals surface area contributed by atoms with Gasteiger partial charge in [0.1, 0.15) is 0 Å². The molecule has 0 rings (SSSR count). The molecule has 0 saturated heterocycles. The average molecular weight is 608 g/mol. The summed E-state index contributed by atoms with van der Waals surface area (Å²) in [5.41, 5.74) is 0. The summed E-state index contributed by atoms with van der Waals surface area (Å²) < 4.78 is 6.06. The fraction of sp³-hybridized carbons (Fsp3) is 1.00. The molecule has 0 aliphatic carbocycles. The van der Waals surface area contributed by atoms with Crippen molar-refractivity contribution in [2.45, 2.75) is 233 Å². The molecule has 0 saturated carbocycles. The Bertz CT molecular complexity index is 447. The van der Waals surface area contributed by atoms with Crippen molar-refractivity contribution in [2.24, 2.45) is 0 Å². The van der Waals surface area contributed by atoms with Crippen LogP contribution in [0.4, 0.5) is 0 Å². The van der Waals surface area contributed by atoms with E-state index in [0.29, 0.717) is 0 Å². The Kier molecular flexibility index (Phi) is 39.9. The fourth-order valence-corrected chi connectivity index (χ4v) is 6.52. The molecule has 0 aliphatic heterocycles. The highest BCUT2D eigenvalue weighted by molar-refractivity contribution is 4.60. The molecule has 260 valence electrons. The number of ether oxygens (including phenoxy) is 1. The van der Waals surface area contributed by atoms with E-state index in [4.69, 9.17) is 4.74 Å². The van der Waals surface area contributed by atoms with Crippen LogP contribution in [0, 0.1) is 0 Å². The van der Waals surface area contributed by atoms with Crippen LogP contribution in [0.2, 0.25) is 0 Å². The Morgan fingerprint density at radius 2 is 0.488 bits per heavy atom. The first-order valence-corrected chi connectivity index (χ1v) is 20.6. The molecule has 0 amide bonds. The third kappa shape index (κ3) is 38.0. The Balaban J connectivity index is 3.67. The zero-order valence-corrected chi connectivity index (χ0v) is 30.7. The molecule has 2 heteroatoms. The van der Waals surface area contributed by atoms with Crippen LogP contribution < -0.4 is 0 Å². The van der Waals surface area contributed by atoms with Crippen LogP contribution in [0.25, 0.3) is 0 Å². The van der Waals surface area contributed by atoms with Crippen LogP contribution in [0.3, 0.4) is 0 Å². The van der Waals surface area contributed by atoms with E-state index in [-0.39, 0.29) is 0 Å². The molecule has 0 aromatic heterocycles. The average Bonchev–Trinajstić information content (AvgIpc) is 3.02. The highest BCUT2D eigenvalue weighted by Gasteiger charge is 2.05. The molecule has 0 bridgehead atoms. The molecule has 0 radical (unpaired) electrons. The van der Waals surface area contributed by atoms with Gasteiger partial charge in [-0.15, -0.1) is 0 Å². The molecule has 2 nitrogen and oxygen atoms in total. The number of rotatable bonds is 39. The lowest BCUT2D eigenvalue weighted by molar-refractivity contribution is 0.116. The minimum atomic E-state index is 0.962. The van der Waals surface area contributed by atoms with E-state index in [9.17, 15) is 0 Å². The third-order valence-electron chi connectivity index (χ3n) is 9.56. The van der Waals surface area contributed by atoms with Gasteiger partial charge in [-0.3, -0.25) is 0 Å². The summed E-state index contributed by atoms with van der Waals surface area (Å²) >= 11 is 0. The maximum atomic E-state index is 6.06. The second-order valence-electron chi connectivity index (χ2n) is 14.1. The van der Waals surface area contributed by atoms with E-state index < -0.39 is 0 Å². The number of nitrogens with zero attached hydrogens (tertiary/aromatic N) is 1. The van der Waals surface area contributed by atoms with Crippen molar-refractivity contribution in [3.63, 3.8) is 0 Å². The SMILES string of the molecule is CCCCCCCCCCCCCCCCCCOCCCN(CCCCCCCCCC)CCCCCCCCCC. The van der Waals surface area contributed by atoms with Gasteiger partial charge < -0.3 is 9.64 Å². The lowest BCUT2D eigenvalue weighted by atomic mass is 10.0. The van der Waals surface area contributed by atoms with Crippen molar-refractivity contribution in [1.82, 2.24) is 4.90 Å². The van der Waals surface area contributed by atoms with Gasteiger partial charge in [-0.1, -0.05) is 207 Å². The molecular weight excluding hydrogens is 522 g/mol. The summed E-state index contributed by atoms with van der Waals surface area (Å²) in [6.45, 7) is 12.7. The third-order valence-corrected chi connectivity index (χ3v) is 9.56. The van der Waals surface area contributed by atoms with Crippen LogP contribution in [0.5, 0.6) is 0 Å². The van der Waals surface area contributed by atoms with Gasteiger partial charge >= 0.3 is 0 Å². The zero-order valence-electron chi connectivity index (χ0n) is 30.7. The molecular formula is C41H85NO. The summed E-state index contributed by atoms with van der Waals surface area (Å²) in [7, 11) is 0. The summed E-state index contributed by atoms with van der Waals surface area (Å²) in [4.78, 5) is 2.77. The highest BCUT2D eigenvalue weighted by Crippen LogP contribution is 2.14. The minimum Gasteiger partial charge on any atom is -0.381 e. The molecule has 0 N–H and O–H groups in total. The molecule has 0 aromatic carbocycles. The monoisotopic (exact) mass is 608 g/mol. The van der Waals surface area contributed by atoms with Crippen LogP contribution >= 0.6 is 0 Å². The van der Waals surface area contributed by atoms with E-state index in [0.717, 1.165) is 13.2 Å². The molecule has 43 heavy (non-hydrogen) atoms. The Labute approximate surface area is 274 Å². The van der Waals surface area contributed by atoms with E-state index in [1.165, 1.54) is 232 Å². The first kappa shape index (κ1) is 42.9. The lowest BCUT2D eigenvalue weighted by Gasteiger charge is -2.22. The van der Waals surface area contributed by atoms with Crippen LogP contribution in [0.1, 0.15) is 233 Å². The van der Waals surface area contributed by atoms with E-state index in [2.05, 4.69) is 25.7 Å². The van der Waals surface area contributed by atoms with Crippen LogP contribution in [-0.4, -0.2) is 37.7 Å². The maximum absolute atomic E-state index is 6.06. The largest absolute Gasteiger partial charge is 0.381 e. The second kappa shape index (κ2) is 39.9. The minimum absolute atomic E-state index is 0.962. The van der Waals surface area contributed by atoms with Gasteiger partial charge in [0.25, 0.3) is 0 Å². The smallest absolute Gasteiger partial charge is 0.0478 e. The van der Waals surface area contributed by atoms with Gasteiger partial charge in [0.2, 0.25) is 0 Å². The van der Waals surface area contributed by atoms with Crippen molar-refractivity contribution in [1.29, 1.82) is 0 Å². The molecule has 0 unspecified atom stereocenters. The van der Waals surface area contributed by atoms with Crippen LogP contribution in [-0.2, 0) is 4.74 Å². The lowest BCUT2D eigenvalue weighted by Crippen LogP contribution is -2.28. The number of unbranched alkanes of at least 4 members (excludes halogenated alkanes) is 29. The van der Waals surface area contributed by atoms with Gasteiger partial charge in [0.05, 0.1) is 0 Å². The summed E-state index contributed by atoms with van der Waals surface area (Å²) in [6.07, 6.45) is 46.9. The van der Waals surface area contributed by atoms with Gasteiger partial charge in [-0.2, -0.15) is 0 Å². The summed E-state index contributed by atoms with van der Waals surface area (Å²) in [5.74, 6) is 0. The molecule has 0 atom stereocenters. The van der Waals surface area contributed by atoms with E-state index >= 15 is 0 Å². The maximum Gasteiger partial charge on any atom is 0.0478 e. The predicted octanol–water partition coefficient (Wildman–Crippen LogP) is 14.2. The van der Waals surface area contributed by atoms with Crippen molar-refractivity contribution < 1.29 is 4.74 Å². The normalized spacial score (nSPS) is 11.7. The van der Waals surface area contributed by atoms with Crippen molar-refractivity contribution in [2.75, 3.05) is 32.8 Å². The zero-order chi connectivity index (χ0) is 31.2. The summed E-state index contributed by atoms with van der Waals surface area (Å²) in [5, 5.41) is 0. The molecule has 0 fully saturated rings. The molecule has 0 spiro atoms. The quantitative estimate of drug-likeness (QED) is 0.0644. The Morgan fingerprint density at radius 3 is 0.814 bits per heavy atom. The number of hydrogen-bond donors (Lipinski definition) is 0. The first-order valence-electron chi connectivity index (χ1n) is 20.6. The van der Waals surface area contributed by atoms with Crippen LogP contribution in [0.15, 0.2) is 0 Å². The van der Waals surface area contributed by atoms with Gasteiger partial charge in [-0.25, -0.2) is 0 Å². The second-order valence-corrected chi connectivity index (χ2v) is 14.1. The molecule has 0 aliphatic rings. The van der Waals surface area contributed by atoms with Gasteiger partial charge in [0, 0.05) is 19.8 Å². The topological polar surface area (TPSA) is 12.5 Å². The predicted molar refractivity (Wildman–Crippen MR) is 197 cm³/mol. The molecule has 0 heterocycles. The Morgan fingerprint density at radius 1 is 0.256 bits per heavy atom. The van der Waals surface area contributed by atoms with E-state index in [1.807, 2.05) is 0 Å². The van der Waals surface area contributed by atoms with E-state index in [1.54, 1.807) is 0 Å². The van der Waals surface area contributed by atoms with Crippen molar-refractivity contribution in [3.05, 3.63) is 0 Å². The van der Waals surface area contributed by atoms with Gasteiger partial charge in [0.15, 0.2) is 0 Å². The molecule has 0 aromatic rings. The first-order chi connectivity index (χ1) is 21.3. The fourth-order valence-electron chi connectivity index (χ4n) is 6.52.